The van der Waals surface area contributed by atoms with Crippen molar-refractivity contribution in [2.75, 3.05) is 0 Å². The molecule has 0 bridgehead atoms. The second kappa shape index (κ2) is 9.34. The quantitative estimate of drug-likeness (QED) is 0.348. The number of fused-ring (bicyclic) bond motifs is 1. The first kappa shape index (κ1) is 23.6. The Morgan fingerprint density at radius 1 is 1.12 bits per heavy atom. The highest BCUT2D eigenvalue weighted by atomic mass is 16.1. The van der Waals surface area contributed by atoms with E-state index in [1.54, 1.807) is 0 Å². The van der Waals surface area contributed by atoms with Crippen molar-refractivity contribution in [1.82, 2.24) is 19.9 Å². The van der Waals surface area contributed by atoms with E-state index in [0.717, 1.165) is 51.3 Å². The van der Waals surface area contributed by atoms with Crippen molar-refractivity contribution in [3.8, 4) is 11.1 Å². The molecule has 4 aromatic rings. The van der Waals surface area contributed by atoms with E-state index in [2.05, 4.69) is 84.6 Å². The maximum Gasteiger partial charge on any atom is 0.253 e. The molecule has 5 heteroatoms. The van der Waals surface area contributed by atoms with Crippen molar-refractivity contribution in [2.24, 2.45) is 0 Å². The van der Waals surface area contributed by atoms with Crippen molar-refractivity contribution < 1.29 is 0 Å². The van der Waals surface area contributed by atoms with Gasteiger partial charge in [0.25, 0.3) is 5.56 Å². The SMILES string of the molecule is C=C(NCc1c(C)cc(C)[nH]c1=O)c1cc(-c2ccc(CC)nc2)cc2c1c(C)cn2C(C)C. The largest absolute Gasteiger partial charge is 0.381 e. The highest BCUT2D eigenvalue weighted by molar-refractivity contribution is 5.97. The Bertz CT molecular complexity index is 1420. The third-order valence-electron chi connectivity index (χ3n) is 6.50. The molecule has 0 atom stereocenters. The molecule has 0 unspecified atom stereocenters. The zero-order chi connectivity index (χ0) is 24.6. The lowest BCUT2D eigenvalue weighted by atomic mass is 9.97. The maximum absolute atomic E-state index is 12.5. The van der Waals surface area contributed by atoms with Crippen molar-refractivity contribution in [3.63, 3.8) is 0 Å². The molecule has 2 N–H and O–H groups in total. The maximum atomic E-state index is 12.5. The molecule has 0 amide bonds. The molecule has 0 saturated heterocycles. The van der Waals surface area contributed by atoms with Gasteiger partial charge in [-0.15, -0.1) is 0 Å². The first-order chi connectivity index (χ1) is 16.2. The number of benzene rings is 1. The van der Waals surface area contributed by atoms with Gasteiger partial charge in [-0.3, -0.25) is 9.78 Å². The number of hydrogen-bond donors (Lipinski definition) is 2. The van der Waals surface area contributed by atoms with Crippen LogP contribution < -0.4 is 10.9 Å². The zero-order valence-corrected chi connectivity index (χ0v) is 21.0. The standard InChI is InChI=1S/C29H34N4O/c1-8-24-10-9-22(14-31-24)23-12-25(28-19(5)16-33(17(2)3)27(28)13-23)21(7)30-15-26-18(4)11-20(6)32-29(26)34/h9-14,16-17,30H,7-8,15H2,1-6H3,(H,32,34). The fraction of sp³-hybridized carbons (Fsp3) is 0.310. The summed E-state index contributed by atoms with van der Waals surface area (Å²) in [7, 11) is 0. The smallest absolute Gasteiger partial charge is 0.253 e. The van der Waals surface area contributed by atoms with E-state index in [1.165, 1.54) is 16.5 Å². The Hall–Kier alpha value is -3.60. The van der Waals surface area contributed by atoms with Crippen LogP contribution in [0.15, 0.2) is 54.1 Å². The number of aromatic amines is 1. The molecule has 0 radical (unpaired) electrons. The van der Waals surface area contributed by atoms with Gasteiger partial charge in [-0.1, -0.05) is 19.6 Å². The molecule has 0 saturated carbocycles. The van der Waals surface area contributed by atoms with E-state index in [4.69, 9.17) is 0 Å². The van der Waals surface area contributed by atoms with Crippen LogP contribution in [0.4, 0.5) is 0 Å². The molecule has 5 nitrogen and oxygen atoms in total. The molecule has 0 aliphatic rings. The van der Waals surface area contributed by atoms with Crippen LogP contribution in [0.5, 0.6) is 0 Å². The summed E-state index contributed by atoms with van der Waals surface area (Å²) in [5.41, 5.74) is 10.0. The number of H-pyrrole nitrogens is 1. The Morgan fingerprint density at radius 3 is 2.50 bits per heavy atom. The van der Waals surface area contributed by atoms with E-state index >= 15 is 0 Å². The van der Waals surface area contributed by atoms with Gasteiger partial charge in [-0.25, -0.2) is 0 Å². The number of hydrogen-bond acceptors (Lipinski definition) is 3. The van der Waals surface area contributed by atoms with Gasteiger partial charge in [0.1, 0.15) is 0 Å². The normalized spacial score (nSPS) is 11.4. The summed E-state index contributed by atoms with van der Waals surface area (Å²) in [6.45, 7) is 17.3. The van der Waals surface area contributed by atoms with Crippen LogP contribution in [0.1, 0.15) is 60.5 Å². The minimum Gasteiger partial charge on any atom is -0.381 e. The number of pyridine rings is 2. The second-order valence-corrected chi connectivity index (χ2v) is 9.40. The summed E-state index contributed by atoms with van der Waals surface area (Å²) in [6, 6.07) is 11.0. The summed E-state index contributed by atoms with van der Waals surface area (Å²) >= 11 is 0. The van der Waals surface area contributed by atoms with E-state index in [9.17, 15) is 4.79 Å². The Kier molecular flexibility index (Phi) is 6.47. The van der Waals surface area contributed by atoms with Crippen molar-refractivity contribution in [2.45, 2.75) is 60.5 Å². The Labute approximate surface area is 201 Å². The van der Waals surface area contributed by atoms with Crippen molar-refractivity contribution in [1.29, 1.82) is 0 Å². The zero-order valence-electron chi connectivity index (χ0n) is 21.0. The molecular formula is C29H34N4O. The number of rotatable bonds is 7. The topological polar surface area (TPSA) is 62.7 Å². The van der Waals surface area contributed by atoms with Crippen LogP contribution >= 0.6 is 0 Å². The second-order valence-electron chi connectivity index (χ2n) is 9.40. The van der Waals surface area contributed by atoms with E-state index < -0.39 is 0 Å². The lowest BCUT2D eigenvalue weighted by molar-refractivity contribution is 0.622. The summed E-state index contributed by atoms with van der Waals surface area (Å²) in [4.78, 5) is 20.0. The van der Waals surface area contributed by atoms with Crippen LogP contribution in [0, 0.1) is 20.8 Å². The van der Waals surface area contributed by atoms with Crippen LogP contribution in [0.25, 0.3) is 27.7 Å². The van der Waals surface area contributed by atoms with Crippen LogP contribution in [-0.4, -0.2) is 14.5 Å². The summed E-state index contributed by atoms with van der Waals surface area (Å²) in [6.07, 6.45) is 5.08. The molecule has 0 fully saturated rings. The van der Waals surface area contributed by atoms with Gasteiger partial charge in [0.15, 0.2) is 0 Å². The van der Waals surface area contributed by atoms with Crippen LogP contribution in [0.3, 0.4) is 0 Å². The van der Waals surface area contributed by atoms with Crippen molar-refractivity contribution >= 4 is 16.6 Å². The minimum atomic E-state index is -0.0547. The number of nitrogens with zero attached hydrogens (tertiary/aromatic N) is 2. The van der Waals surface area contributed by atoms with Gasteiger partial charge < -0.3 is 14.9 Å². The molecule has 1 aromatic carbocycles. The van der Waals surface area contributed by atoms with E-state index in [-0.39, 0.29) is 5.56 Å². The number of aryl methyl sites for hydroxylation is 4. The van der Waals surface area contributed by atoms with Crippen molar-refractivity contribution in [3.05, 3.63) is 93.3 Å². The predicted octanol–water partition coefficient (Wildman–Crippen LogP) is 6.22. The molecule has 0 aliphatic heterocycles. The first-order valence-corrected chi connectivity index (χ1v) is 11.9. The van der Waals surface area contributed by atoms with E-state index in [1.807, 2.05) is 26.1 Å². The average molecular weight is 455 g/mol. The van der Waals surface area contributed by atoms with Gasteiger partial charge in [-0.2, -0.15) is 0 Å². The Morgan fingerprint density at radius 2 is 1.88 bits per heavy atom. The molecule has 176 valence electrons. The highest BCUT2D eigenvalue weighted by Crippen LogP contribution is 2.35. The third kappa shape index (κ3) is 4.43. The summed E-state index contributed by atoms with van der Waals surface area (Å²) < 4.78 is 2.31. The van der Waals surface area contributed by atoms with E-state index in [0.29, 0.717) is 12.6 Å². The van der Waals surface area contributed by atoms with Gasteiger partial charge in [0, 0.05) is 69.7 Å². The lowest BCUT2D eigenvalue weighted by Gasteiger charge is -2.16. The number of aromatic nitrogens is 3. The lowest BCUT2D eigenvalue weighted by Crippen LogP contribution is -2.22. The molecule has 0 spiro atoms. The van der Waals surface area contributed by atoms with Gasteiger partial charge in [0.05, 0.1) is 0 Å². The molecule has 0 aliphatic carbocycles. The average Bonchev–Trinajstić information content (AvgIpc) is 3.14. The molecule has 34 heavy (non-hydrogen) atoms. The van der Waals surface area contributed by atoms with Crippen LogP contribution in [0.2, 0.25) is 0 Å². The fourth-order valence-corrected chi connectivity index (χ4v) is 4.62. The predicted molar refractivity (Wildman–Crippen MR) is 142 cm³/mol. The van der Waals surface area contributed by atoms with Gasteiger partial charge >= 0.3 is 0 Å². The highest BCUT2D eigenvalue weighted by Gasteiger charge is 2.17. The fourth-order valence-electron chi connectivity index (χ4n) is 4.62. The third-order valence-corrected chi connectivity index (χ3v) is 6.50. The number of nitrogens with one attached hydrogen (secondary N) is 2. The minimum absolute atomic E-state index is 0.0547. The monoisotopic (exact) mass is 454 g/mol. The summed E-state index contributed by atoms with van der Waals surface area (Å²) in [5, 5.41) is 4.61. The van der Waals surface area contributed by atoms with Crippen LogP contribution in [-0.2, 0) is 13.0 Å². The molecule has 3 heterocycles. The molecule has 4 rings (SSSR count). The van der Waals surface area contributed by atoms with Gasteiger partial charge in [0.2, 0.25) is 0 Å². The Balaban J connectivity index is 1.80. The first-order valence-electron chi connectivity index (χ1n) is 11.9. The molecule has 3 aromatic heterocycles. The van der Waals surface area contributed by atoms with Gasteiger partial charge in [-0.05, 0) is 82.0 Å². The molecular weight excluding hydrogens is 420 g/mol. The summed E-state index contributed by atoms with van der Waals surface area (Å²) in [5.74, 6) is 0.